The minimum absolute atomic E-state index is 0.0181. The highest BCUT2D eigenvalue weighted by Gasteiger charge is 2.29. The number of fused-ring (bicyclic) bond motifs is 1. The highest BCUT2D eigenvalue weighted by atomic mass is 19.1. The third-order valence-electron chi connectivity index (χ3n) is 8.77. The fourth-order valence-corrected chi connectivity index (χ4v) is 6.39. The molecular formula is C32H36FN7O. The first-order valence-corrected chi connectivity index (χ1v) is 14.8. The first-order chi connectivity index (χ1) is 20.0. The Morgan fingerprint density at radius 1 is 1.00 bits per heavy atom. The van der Waals surface area contributed by atoms with Gasteiger partial charge in [-0.05, 0) is 80.0 Å². The number of benzene rings is 2. The number of hydrogen-bond acceptors (Lipinski definition) is 7. The van der Waals surface area contributed by atoms with Gasteiger partial charge in [-0.1, -0.05) is 24.3 Å². The van der Waals surface area contributed by atoms with E-state index in [4.69, 9.17) is 4.98 Å². The molecule has 0 bridgehead atoms. The van der Waals surface area contributed by atoms with E-state index in [2.05, 4.69) is 51.0 Å². The zero-order chi connectivity index (χ0) is 27.9. The SMILES string of the molecule is CC1CNCCN1c1ccc(Nc2ncc3cc(C4CC4)c(=O)n(Cc4ccccc4C4CCNC4)c3n2)cc1F. The first-order valence-electron chi connectivity index (χ1n) is 14.8. The van der Waals surface area contributed by atoms with Crippen LogP contribution < -0.4 is 26.4 Å². The molecule has 2 aromatic heterocycles. The van der Waals surface area contributed by atoms with Crippen molar-refractivity contribution in [2.24, 2.45) is 0 Å². The third kappa shape index (κ3) is 5.20. The van der Waals surface area contributed by atoms with E-state index in [0.717, 1.165) is 68.5 Å². The van der Waals surface area contributed by atoms with Gasteiger partial charge in [0.05, 0.1) is 12.2 Å². The minimum Gasteiger partial charge on any atom is -0.364 e. The standard InChI is InChI=1S/C32H36FN7O/c1-20-16-35-12-13-39(20)29-9-8-25(15-28(29)33)37-32-36-18-24-14-27(21-6-7-21)31(41)40(30(24)38-32)19-23-4-2-3-5-26(23)22-10-11-34-17-22/h2-5,8-9,14-15,18,20-22,34-35H,6-7,10-13,16-17,19H2,1H3,(H,36,37,38). The summed E-state index contributed by atoms with van der Waals surface area (Å²) in [6.07, 6.45) is 4.94. The Labute approximate surface area is 239 Å². The molecule has 8 nitrogen and oxygen atoms in total. The van der Waals surface area contributed by atoms with Gasteiger partial charge in [-0.2, -0.15) is 4.98 Å². The van der Waals surface area contributed by atoms with E-state index >= 15 is 4.39 Å². The summed E-state index contributed by atoms with van der Waals surface area (Å²) < 4.78 is 17.0. The van der Waals surface area contributed by atoms with Crippen molar-refractivity contribution in [2.45, 2.75) is 50.6 Å². The molecule has 4 aromatic rings. The van der Waals surface area contributed by atoms with Crippen LogP contribution in [-0.2, 0) is 6.54 Å². The Morgan fingerprint density at radius 2 is 1.85 bits per heavy atom. The normalized spacial score (nSPS) is 21.0. The van der Waals surface area contributed by atoms with Crippen LogP contribution in [0.2, 0.25) is 0 Å². The largest absolute Gasteiger partial charge is 0.364 e. The molecule has 9 heteroatoms. The molecular weight excluding hydrogens is 517 g/mol. The molecule has 7 rings (SSSR count). The van der Waals surface area contributed by atoms with E-state index in [1.807, 2.05) is 28.8 Å². The van der Waals surface area contributed by atoms with Crippen LogP contribution in [0, 0.1) is 5.82 Å². The smallest absolute Gasteiger partial charge is 0.256 e. The maximum absolute atomic E-state index is 15.2. The topological polar surface area (TPSA) is 87.1 Å². The van der Waals surface area contributed by atoms with Gasteiger partial charge in [0.15, 0.2) is 0 Å². The molecule has 212 valence electrons. The van der Waals surface area contributed by atoms with Crippen molar-refractivity contribution in [3.63, 3.8) is 0 Å². The van der Waals surface area contributed by atoms with Crippen LogP contribution in [0.3, 0.4) is 0 Å². The summed E-state index contributed by atoms with van der Waals surface area (Å²) in [5, 5.41) is 10.8. The van der Waals surface area contributed by atoms with Crippen molar-refractivity contribution in [3.8, 4) is 0 Å². The number of hydrogen-bond donors (Lipinski definition) is 3. The van der Waals surface area contributed by atoms with Crippen molar-refractivity contribution in [1.82, 2.24) is 25.2 Å². The van der Waals surface area contributed by atoms with Crippen LogP contribution in [0.1, 0.15) is 54.7 Å². The Bertz CT molecular complexity index is 1640. The molecule has 4 heterocycles. The molecule has 3 N–H and O–H groups in total. The number of piperazine rings is 1. The van der Waals surface area contributed by atoms with Crippen LogP contribution in [0.5, 0.6) is 0 Å². The highest BCUT2D eigenvalue weighted by Crippen LogP contribution is 2.39. The Kier molecular flexibility index (Phi) is 6.92. The van der Waals surface area contributed by atoms with Gasteiger partial charge in [0.2, 0.25) is 5.95 Å². The summed E-state index contributed by atoms with van der Waals surface area (Å²) >= 11 is 0. The van der Waals surface area contributed by atoms with Gasteiger partial charge in [0, 0.05) is 55.1 Å². The van der Waals surface area contributed by atoms with Gasteiger partial charge in [-0.15, -0.1) is 0 Å². The Morgan fingerprint density at radius 3 is 2.63 bits per heavy atom. The summed E-state index contributed by atoms with van der Waals surface area (Å²) in [5.74, 6) is 0.799. The number of pyridine rings is 1. The molecule has 3 aliphatic rings. The fraction of sp³-hybridized carbons (Fsp3) is 0.406. The molecule has 0 radical (unpaired) electrons. The molecule has 2 aliphatic heterocycles. The van der Waals surface area contributed by atoms with Crippen molar-refractivity contribution in [2.75, 3.05) is 42.9 Å². The third-order valence-corrected chi connectivity index (χ3v) is 8.77. The second-order valence-corrected chi connectivity index (χ2v) is 11.7. The van der Waals surface area contributed by atoms with Crippen molar-refractivity contribution in [3.05, 3.63) is 87.6 Å². The van der Waals surface area contributed by atoms with Crippen LogP contribution >= 0.6 is 0 Å². The Hall–Kier alpha value is -3.82. The lowest BCUT2D eigenvalue weighted by atomic mass is 9.93. The van der Waals surface area contributed by atoms with E-state index in [1.165, 1.54) is 11.6 Å². The fourth-order valence-electron chi connectivity index (χ4n) is 6.39. The van der Waals surface area contributed by atoms with Gasteiger partial charge < -0.3 is 20.9 Å². The van der Waals surface area contributed by atoms with Crippen LogP contribution in [0.15, 0.2) is 59.5 Å². The van der Waals surface area contributed by atoms with Gasteiger partial charge in [0.25, 0.3) is 5.56 Å². The van der Waals surface area contributed by atoms with E-state index in [-0.39, 0.29) is 17.4 Å². The number of nitrogens with zero attached hydrogens (tertiary/aromatic N) is 4. The molecule has 2 unspecified atom stereocenters. The first kappa shape index (κ1) is 26.1. The second kappa shape index (κ2) is 10.9. The summed E-state index contributed by atoms with van der Waals surface area (Å²) in [7, 11) is 0. The Balaban J connectivity index is 1.23. The molecule has 0 amide bonds. The van der Waals surface area contributed by atoms with E-state index in [1.54, 1.807) is 6.20 Å². The number of rotatable bonds is 7. The molecule has 1 saturated carbocycles. The quantitative estimate of drug-likeness (QED) is 0.311. The van der Waals surface area contributed by atoms with E-state index in [0.29, 0.717) is 41.4 Å². The summed E-state index contributed by atoms with van der Waals surface area (Å²) in [5.41, 5.74) is 5.05. The minimum atomic E-state index is -0.284. The van der Waals surface area contributed by atoms with Gasteiger partial charge in [0.1, 0.15) is 11.5 Å². The summed E-state index contributed by atoms with van der Waals surface area (Å²) in [6.45, 7) is 6.94. The van der Waals surface area contributed by atoms with Crippen LogP contribution in [0.25, 0.3) is 11.0 Å². The predicted molar refractivity (Wildman–Crippen MR) is 161 cm³/mol. The van der Waals surface area contributed by atoms with Crippen molar-refractivity contribution < 1.29 is 4.39 Å². The van der Waals surface area contributed by atoms with Crippen LogP contribution in [0.4, 0.5) is 21.7 Å². The molecule has 41 heavy (non-hydrogen) atoms. The monoisotopic (exact) mass is 553 g/mol. The molecule has 2 atom stereocenters. The number of aromatic nitrogens is 3. The van der Waals surface area contributed by atoms with Gasteiger partial charge in [-0.3, -0.25) is 9.36 Å². The molecule has 3 fully saturated rings. The number of anilines is 3. The van der Waals surface area contributed by atoms with Crippen molar-refractivity contribution >= 4 is 28.4 Å². The van der Waals surface area contributed by atoms with Gasteiger partial charge in [-0.25, -0.2) is 9.37 Å². The second-order valence-electron chi connectivity index (χ2n) is 11.7. The lowest BCUT2D eigenvalue weighted by Gasteiger charge is -2.36. The average molecular weight is 554 g/mol. The predicted octanol–water partition coefficient (Wildman–Crippen LogP) is 4.47. The summed E-state index contributed by atoms with van der Waals surface area (Å²) in [6, 6.07) is 15.8. The zero-order valence-corrected chi connectivity index (χ0v) is 23.4. The molecule has 2 aromatic carbocycles. The highest BCUT2D eigenvalue weighted by molar-refractivity contribution is 5.77. The molecule has 2 saturated heterocycles. The number of nitrogens with one attached hydrogen (secondary N) is 3. The van der Waals surface area contributed by atoms with Gasteiger partial charge >= 0.3 is 0 Å². The maximum Gasteiger partial charge on any atom is 0.256 e. The average Bonchev–Trinajstić information content (AvgIpc) is 3.68. The summed E-state index contributed by atoms with van der Waals surface area (Å²) in [4.78, 5) is 25.3. The number of halogens is 1. The maximum atomic E-state index is 15.2. The lowest BCUT2D eigenvalue weighted by molar-refractivity contribution is 0.491. The zero-order valence-electron chi connectivity index (χ0n) is 23.4. The van der Waals surface area contributed by atoms with Crippen LogP contribution in [-0.4, -0.2) is 53.3 Å². The van der Waals surface area contributed by atoms with E-state index in [9.17, 15) is 4.79 Å². The van der Waals surface area contributed by atoms with Crippen molar-refractivity contribution in [1.29, 1.82) is 0 Å². The lowest BCUT2D eigenvalue weighted by Crippen LogP contribution is -2.50. The molecule has 1 aliphatic carbocycles. The van der Waals surface area contributed by atoms with E-state index < -0.39 is 0 Å². The molecule has 0 spiro atoms.